The molecule has 0 radical (unpaired) electrons. The summed E-state index contributed by atoms with van der Waals surface area (Å²) >= 11 is 0. The van der Waals surface area contributed by atoms with Gasteiger partial charge in [0.1, 0.15) is 12.2 Å². The molecule has 0 spiro atoms. The second-order valence-corrected chi connectivity index (χ2v) is 5.59. The Morgan fingerprint density at radius 1 is 1.33 bits per heavy atom. The van der Waals surface area contributed by atoms with E-state index in [1.165, 1.54) is 6.33 Å². The molecule has 21 heavy (non-hydrogen) atoms. The third-order valence-electron chi connectivity index (χ3n) is 4.16. The Morgan fingerprint density at radius 3 is 2.81 bits per heavy atom. The van der Waals surface area contributed by atoms with Gasteiger partial charge >= 0.3 is 0 Å². The maximum Gasteiger partial charge on any atom is 0.239 e. The van der Waals surface area contributed by atoms with Crippen molar-refractivity contribution in [1.82, 2.24) is 30.3 Å². The van der Waals surface area contributed by atoms with E-state index < -0.39 is 0 Å². The number of H-pyrrole nitrogens is 1. The van der Waals surface area contributed by atoms with Crippen LogP contribution in [-0.2, 0) is 9.59 Å². The second-order valence-electron chi connectivity index (χ2n) is 5.59. The molecule has 2 aliphatic heterocycles. The summed E-state index contributed by atoms with van der Waals surface area (Å²) in [4.78, 5) is 31.5. The van der Waals surface area contributed by atoms with E-state index in [0.29, 0.717) is 25.6 Å². The van der Waals surface area contributed by atoms with Gasteiger partial charge in [-0.3, -0.25) is 19.6 Å². The van der Waals surface area contributed by atoms with Crippen molar-refractivity contribution in [3.8, 4) is 0 Å². The lowest BCUT2D eigenvalue weighted by molar-refractivity contribution is -0.139. The zero-order valence-corrected chi connectivity index (χ0v) is 11.9. The first kappa shape index (κ1) is 14.0. The van der Waals surface area contributed by atoms with Crippen LogP contribution in [0.2, 0.25) is 0 Å². The number of nitrogens with zero attached hydrogens (tertiary/aromatic N) is 4. The molecule has 2 aliphatic rings. The lowest BCUT2D eigenvalue weighted by Crippen LogP contribution is -2.52. The highest BCUT2D eigenvalue weighted by Gasteiger charge is 2.26. The molecule has 8 nitrogen and oxygen atoms in total. The Bertz CT molecular complexity index is 495. The number of nitrogens with one attached hydrogen (secondary N) is 2. The van der Waals surface area contributed by atoms with E-state index in [1.54, 1.807) is 4.90 Å². The fourth-order valence-electron chi connectivity index (χ4n) is 2.92. The van der Waals surface area contributed by atoms with Gasteiger partial charge < -0.3 is 10.2 Å². The monoisotopic (exact) mass is 292 g/mol. The van der Waals surface area contributed by atoms with Gasteiger partial charge in [-0.05, 0) is 25.9 Å². The van der Waals surface area contributed by atoms with Gasteiger partial charge in [-0.1, -0.05) is 0 Å². The molecule has 3 heterocycles. The third kappa shape index (κ3) is 3.38. The normalized spacial score (nSPS) is 21.3. The molecule has 114 valence electrons. The Labute approximate surface area is 122 Å². The lowest BCUT2D eigenvalue weighted by atomic mass is 9.96. The van der Waals surface area contributed by atoms with Crippen molar-refractivity contribution < 1.29 is 9.59 Å². The summed E-state index contributed by atoms with van der Waals surface area (Å²) in [5, 5.41) is 9.53. The molecule has 8 heteroatoms. The lowest BCUT2D eigenvalue weighted by Gasteiger charge is -2.33. The minimum absolute atomic E-state index is 0.0444. The number of likely N-dealkylation sites (tertiary alicyclic amines) is 1. The fourth-order valence-corrected chi connectivity index (χ4v) is 2.92. The van der Waals surface area contributed by atoms with E-state index >= 15 is 0 Å². The minimum atomic E-state index is -0.0707. The van der Waals surface area contributed by atoms with E-state index in [0.717, 1.165) is 31.8 Å². The second kappa shape index (κ2) is 6.21. The summed E-state index contributed by atoms with van der Waals surface area (Å²) < 4.78 is 0. The largest absolute Gasteiger partial charge is 0.353 e. The maximum absolute atomic E-state index is 12.2. The molecule has 2 amide bonds. The maximum atomic E-state index is 12.2. The van der Waals surface area contributed by atoms with Crippen LogP contribution < -0.4 is 5.32 Å². The zero-order chi connectivity index (χ0) is 14.7. The van der Waals surface area contributed by atoms with Crippen molar-refractivity contribution in [2.24, 2.45) is 0 Å². The molecule has 0 atom stereocenters. The van der Waals surface area contributed by atoms with Gasteiger partial charge in [0, 0.05) is 19.0 Å². The predicted octanol–water partition coefficient (Wildman–Crippen LogP) is -1.06. The quantitative estimate of drug-likeness (QED) is 0.741. The van der Waals surface area contributed by atoms with Crippen molar-refractivity contribution in [3.63, 3.8) is 0 Å². The summed E-state index contributed by atoms with van der Waals surface area (Å²) in [5.74, 6) is 1.31. The molecule has 2 fully saturated rings. The van der Waals surface area contributed by atoms with Crippen LogP contribution >= 0.6 is 0 Å². The summed E-state index contributed by atoms with van der Waals surface area (Å²) in [6.07, 6.45) is 3.48. The number of rotatable bonds is 3. The molecular weight excluding hydrogens is 272 g/mol. The number of carbonyl (C=O) groups is 2. The Kier molecular flexibility index (Phi) is 4.14. The van der Waals surface area contributed by atoms with Crippen LogP contribution in [0, 0.1) is 0 Å². The number of aromatic amines is 1. The van der Waals surface area contributed by atoms with Crippen molar-refractivity contribution in [3.05, 3.63) is 12.2 Å². The van der Waals surface area contributed by atoms with E-state index in [-0.39, 0.29) is 18.4 Å². The third-order valence-corrected chi connectivity index (χ3v) is 4.16. The molecule has 2 N–H and O–H groups in total. The highest BCUT2D eigenvalue weighted by Crippen LogP contribution is 2.24. The molecule has 2 saturated heterocycles. The van der Waals surface area contributed by atoms with Crippen molar-refractivity contribution in [2.45, 2.75) is 18.8 Å². The van der Waals surface area contributed by atoms with Gasteiger partial charge in [-0.15, -0.1) is 0 Å². The van der Waals surface area contributed by atoms with Crippen LogP contribution in [-0.4, -0.2) is 76.1 Å². The van der Waals surface area contributed by atoms with Gasteiger partial charge in [0.05, 0.1) is 13.1 Å². The first-order valence-electron chi connectivity index (χ1n) is 7.34. The van der Waals surface area contributed by atoms with Gasteiger partial charge in [-0.2, -0.15) is 5.10 Å². The molecule has 0 bridgehead atoms. The van der Waals surface area contributed by atoms with Crippen LogP contribution in [0.1, 0.15) is 24.6 Å². The van der Waals surface area contributed by atoms with Crippen LogP contribution in [0.15, 0.2) is 6.33 Å². The molecule has 0 aliphatic carbocycles. The van der Waals surface area contributed by atoms with E-state index in [1.807, 2.05) is 0 Å². The number of piperazine rings is 1. The molecule has 0 aromatic carbocycles. The fraction of sp³-hybridized carbons (Fsp3) is 0.692. The first-order valence-corrected chi connectivity index (χ1v) is 7.34. The first-order chi connectivity index (χ1) is 10.2. The van der Waals surface area contributed by atoms with Gasteiger partial charge in [0.2, 0.25) is 11.8 Å². The van der Waals surface area contributed by atoms with E-state index in [9.17, 15) is 9.59 Å². The average molecular weight is 292 g/mol. The molecule has 0 saturated carbocycles. The molecule has 1 aromatic heterocycles. The summed E-state index contributed by atoms with van der Waals surface area (Å²) in [7, 11) is 0. The van der Waals surface area contributed by atoms with Crippen molar-refractivity contribution >= 4 is 11.8 Å². The smallest absolute Gasteiger partial charge is 0.239 e. The SMILES string of the molecule is O=C1CN(C(=O)CN2CCC(c3ncn[nH]3)CC2)CCN1. The zero-order valence-electron chi connectivity index (χ0n) is 11.9. The van der Waals surface area contributed by atoms with Crippen LogP contribution in [0.5, 0.6) is 0 Å². The highest BCUT2D eigenvalue weighted by atomic mass is 16.2. The summed E-state index contributed by atoms with van der Waals surface area (Å²) in [6, 6.07) is 0. The predicted molar refractivity (Wildman–Crippen MR) is 74.4 cm³/mol. The number of piperidine rings is 1. The van der Waals surface area contributed by atoms with Gasteiger partial charge in [0.25, 0.3) is 0 Å². The van der Waals surface area contributed by atoms with Gasteiger partial charge in [0.15, 0.2) is 0 Å². The molecule has 3 rings (SSSR count). The average Bonchev–Trinajstić information content (AvgIpc) is 3.02. The number of carbonyl (C=O) groups excluding carboxylic acids is 2. The van der Waals surface area contributed by atoms with E-state index in [4.69, 9.17) is 0 Å². The van der Waals surface area contributed by atoms with Gasteiger partial charge in [-0.25, -0.2) is 4.98 Å². The number of aromatic nitrogens is 3. The highest BCUT2D eigenvalue weighted by molar-refractivity contribution is 5.86. The van der Waals surface area contributed by atoms with E-state index in [2.05, 4.69) is 25.4 Å². The number of amides is 2. The molecule has 1 aromatic rings. The molecule has 0 unspecified atom stereocenters. The van der Waals surface area contributed by atoms with Crippen molar-refractivity contribution in [2.75, 3.05) is 39.3 Å². The summed E-state index contributed by atoms with van der Waals surface area (Å²) in [5.41, 5.74) is 0. The Balaban J connectivity index is 1.46. The van der Waals surface area contributed by atoms with Crippen LogP contribution in [0.25, 0.3) is 0 Å². The van der Waals surface area contributed by atoms with Crippen molar-refractivity contribution in [1.29, 1.82) is 0 Å². The Hall–Kier alpha value is -1.96. The standard InChI is InChI=1S/C13H20N6O2/c20-11-7-19(6-3-14-11)12(21)8-18-4-1-10(2-5-18)13-15-9-16-17-13/h9-10H,1-8H2,(H,14,20)(H,15,16,17). The van der Waals surface area contributed by atoms with Crippen LogP contribution in [0.3, 0.4) is 0 Å². The summed E-state index contributed by atoms with van der Waals surface area (Å²) in [6.45, 7) is 3.50. The van der Waals surface area contributed by atoms with Crippen LogP contribution in [0.4, 0.5) is 0 Å². The molecular formula is C13H20N6O2. The topological polar surface area (TPSA) is 94.2 Å². The number of hydrogen-bond acceptors (Lipinski definition) is 5. The minimum Gasteiger partial charge on any atom is -0.353 e. The number of hydrogen-bond donors (Lipinski definition) is 2. The Morgan fingerprint density at radius 2 is 2.14 bits per heavy atom.